The first-order chi connectivity index (χ1) is 39.6. The Labute approximate surface area is 494 Å². The highest BCUT2D eigenvalue weighted by atomic mass is 16.7. The third-order valence-corrected chi connectivity index (χ3v) is 15.0. The quantitative estimate of drug-likeness (QED) is 0.0228. The van der Waals surface area contributed by atoms with Crippen LogP contribution in [0.5, 0.6) is 0 Å². The maximum absolute atomic E-state index is 13.2. The molecule has 0 radical (unpaired) electrons. The van der Waals surface area contributed by atoms with Crippen molar-refractivity contribution >= 4 is 23.9 Å². The summed E-state index contributed by atoms with van der Waals surface area (Å²) in [6.45, 7) is 5.96. The van der Waals surface area contributed by atoms with Crippen molar-refractivity contribution < 1.29 is 58.2 Å². The van der Waals surface area contributed by atoms with Gasteiger partial charge in [0.15, 0.2) is 24.6 Å². The molecule has 0 amide bonds. The summed E-state index contributed by atoms with van der Waals surface area (Å²) in [5, 5.41) is 31.6. The number of aliphatic carboxylic acids is 1. The maximum Gasteiger partial charge on any atom is 0.335 e. The van der Waals surface area contributed by atoms with E-state index in [9.17, 15) is 34.5 Å². The van der Waals surface area contributed by atoms with Gasteiger partial charge in [0.25, 0.3) is 0 Å². The van der Waals surface area contributed by atoms with Crippen LogP contribution in [0, 0.1) is 0 Å². The molecular formula is C69H120O12. The Bertz CT molecular complexity index is 1640. The Morgan fingerprint density at radius 3 is 1.15 bits per heavy atom. The first kappa shape index (κ1) is 75.4. The molecule has 468 valence electrons. The van der Waals surface area contributed by atoms with Crippen molar-refractivity contribution in [2.24, 2.45) is 0 Å². The topological polar surface area (TPSA) is 175 Å². The molecule has 0 bridgehead atoms. The molecule has 0 aliphatic carbocycles. The third-order valence-electron chi connectivity index (χ3n) is 15.0. The first-order valence-electron chi connectivity index (χ1n) is 33.3. The predicted molar refractivity (Wildman–Crippen MR) is 331 cm³/mol. The van der Waals surface area contributed by atoms with Crippen LogP contribution < -0.4 is 0 Å². The number of carbonyl (C=O) groups is 4. The van der Waals surface area contributed by atoms with Crippen LogP contribution in [-0.2, 0) is 42.9 Å². The minimum absolute atomic E-state index is 0.0499. The summed E-state index contributed by atoms with van der Waals surface area (Å²) in [7, 11) is 0. The van der Waals surface area contributed by atoms with Gasteiger partial charge in [-0.3, -0.25) is 14.4 Å². The zero-order valence-electron chi connectivity index (χ0n) is 51.8. The van der Waals surface area contributed by atoms with Crippen LogP contribution in [0.25, 0.3) is 0 Å². The number of aliphatic hydroxyl groups is 2. The molecule has 81 heavy (non-hydrogen) atoms. The summed E-state index contributed by atoms with van der Waals surface area (Å²) >= 11 is 0. The summed E-state index contributed by atoms with van der Waals surface area (Å²) in [5.41, 5.74) is 0. The van der Waals surface area contributed by atoms with E-state index in [0.717, 1.165) is 122 Å². The van der Waals surface area contributed by atoms with Gasteiger partial charge in [-0.1, -0.05) is 236 Å². The molecule has 6 unspecified atom stereocenters. The average Bonchev–Trinajstić information content (AvgIpc) is 3.53. The number of hydrogen-bond donors (Lipinski definition) is 3. The van der Waals surface area contributed by atoms with Crippen LogP contribution in [0.1, 0.15) is 303 Å². The Balaban J connectivity index is 2.65. The Morgan fingerprint density at radius 1 is 0.407 bits per heavy atom. The molecule has 1 saturated heterocycles. The second-order valence-corrected chi connectivity index (χ2v) is 22.7. The van der Waals surface area contributed by atoms with E-state index in [-0.39, 0.29) is 25.9 Å². The van der Waals surface area contributed by atoms with Crippen LogP contribution in [-0.4, -0.2) is 89.2 Å². The second kappa shape index (κ2) is 56.9. The number of esters is 3. The molecule has 3 N–H and O–H groups in total. The van der Waals surface area contributed by atoms with E-state index in [4.69, 9.17) is 23.7 Å². The normalized spacial score (nSPS) is 18.1. The van der Waals surface area contributed by atoms with Crippen LogP contribution in [0.3, 0.4) is 0 Å². The zero-order chi connectivity index (χ0) is 58.9. The largest absolute Gasteiger partial charge is 0.479 e. The van der Waals surface area contributed by atoms with E-state index >= 15 is 0 Å². The summed E-state index contributed by atoms with van der Waals surface area (Å²) < 4.78 is 28.5. The van der Waals surface area contributed by atoms with Crippen LogP contribution in [0.2, 0.25) is 0 Å². The molecule has 12 nitrogen and oxygen atoms in total. The van der Waals surface area contributed by atoms with E-state index in [1.54, 1.807) is 0 Å². The van der Waals surface area contributed by atoms with Gasteiger partial charge in [0, 0.05) is 19.3 Å². The van der Waals surface area contributed by atoms with E-state index < -0.39 is 67.3 Å². The highest BCUT2D eigenvalue weighted by Crippen LogP contribution is 2.27. The van der Waals surface area contributed by atoms with Gasteiger partial charge in [0.2, 0.25) is 0 Å². The molecule has 0 aromatic rings. The molecule has 1 heterocycles. The molecule has 0 spiro atoms. The lowest BCUT2D eigenvalue weighted by Crippen LogP contribution is -2.61. The van der Waals surface area contributed by atoms with Crippen molar-refractivity contribution in [2.45, 2.75) is 340 Å². The van der Waals surface area contributed by atoms with Gasteiger partial charge >= 0.3 is 23.9 Å². The van der Waals surface area contributed by atoms with Crippen molar-refractivity contribution in [3.05, 3.63) is 60.8 Å². The van der Waals surface area contributed by atoms with Gasteiger partial charge < -0.3 is 39.0 Å². The molecular weight excluding hydrogens is 1020 g/mol. The lowest BCUT2D eigenvalue weighted by atomic mass is 9.98. The smallest absolute Gasteiger partial charge is 0.335 e. The standard InChI is InChI=1S/C69H120O12/c1-4-7-10-13-16-19-22-25-28-30-31-33-35-37-40-43-46-49-52-55-61(70)77-58-60(79-62(71)56-53-50-47-44-41-38-34-27-24-21-18-15-12-9-6-3)59-78-69-67(65(74)64(73)66(81-69)68(75)76)80-63(72)57-54-51-48-45-42-39-36-32-29-26-23-20-17-14-11-8-5-2/h17-18,20-21,25-29,34,60,64-67,69,73-74H,4-16,19,22-24,30-33,35-59H2,1-3H3,(H,75,76)/b20-17-,21-18-,28-25-,29-26-,34-27-. The number of aliphatic hydroxyl groups excluding tert-OH is 2. The lowest BCUT2D eigenvalue weighted by molar-refractivity contribution is -0.301. The number of rotatable bonds is 57. The third kappa shape index (κ3) is 46.5. The fourth-order valence-corrected chi connectivity index (χ4v) is 9.89. The van der Waals surface area contributed by atoms with Gasteiger partial charge in [-0.25, -0.2) is 4.79 Å². The Hall–Kier alpha value is -3.58. The highest BCUT2D eigenvalue weighted by molar-refractivity contribution is 5.74. The van der Waals surface area contributed by atoms with Crippen LogP contribution in [0.15, 0.2) is 60.8 Å². The minimum atomic E-state index is -1.91. The molecule has 12 heteroatoms. The molecule has 0 saturated carbocycles. The molecule has 1 rings (SSSR count). The van der Waals surface area contributed by atoms with E-state index in [2.05, 4.69) is 81.5 Å². The van der Waals surface area contributed by atoms with Crippen molar-refractivity contribution in [1.82, 2.24) is 0 Å². The van der Waals surface area contributed by atoms with E-state index in [1.165, 1.54) is 122 Å². The summed E-state index contributed by atoms with van der Waals surface area (Å²) in [6.07, 6.45) is 58.8. The molecule has 6 atom stereocenters. The van der Waals surface area contributed by atoms with Crippen molar-refractivity contribution in [2.75, 3.05) is 13.2 Å². The minimum Gasteiger partial charge on any atom is -0.479 e. The van der Waals surface area contributed by atoms with Crippen LogP contribution >= 0.6 is 0 Å². The summed E-state index contributed by atoms with van der Waals surface area (Å²) in [4.78, 5) is 51.4. The predicted octanol–water partition coefficient (Wildman–Crippen LogP) is 17.9. The van der Waals surface area contributed by atoms with Gasteiger partial charge in [-0.05, 0) is 109 Å². The maximum atomic E-state index is 13.2. The zero-order valence-corrected chi connectivity index (χ0v) is 51.8. The number of carboxylic acids is 1. The van der Waals surface area contributed by atoms with Gasteiger partial charge in [-0.2, -0.15) is 0 Å². The highest BCUT2D eigenvalue weighted by Gasteiger charge is 2.50. The van der Waals surface area contributed by atoms with Gasteiger partial charge in [-0.15, -0.1) is 0 Å². The monoisotopic (exact) mass is 1140 g/mol. The van der Waals surface area contributed by atoms with E-state index in [0.29, 0.717) is 19.3 Å². The fraction of sp³-hybridized carbons (Fsp3) is 0.797. The van der Waals surface area contributed by atoms with Crippen molar-refractivity contribution in [3.63, 3.8) is 0 Å². The molecule has 1 fully saturated rings. The number of carbonyl (C=O) groups excluding carboxylic acids is 3. The second-order valence-electron chi connectivity index (χ2n) is 22.7. The molecule has 1 aliphatic rings. The summed E-state index contributed by atoms with van der Waals surface area (Å²) in [6, 6.07) is 0. The van der Waals surface area contributed by atoms with Crippen molar-refractivity contribution in [1.29, 1.82) is 0 Å². The number of unbranched alkanes of at least 4 members (excludes halogenated alkanes) is 33. The van der Waals surface area contributed by atoms with Crippen molar-refractivity contribution in [3.8, 4) is 0 Å². The Kier molecular flexibility index (Phi) is 53.0. The number of ether oxygens (including phenoxy) is 5. The molecule has 1 aliphatic heterocycles. The fourth-order valence-electron chi connectivity index (χ4n) is 9.89. The number of hydrogen-bond acceptors (Lipinski definition) is 11. The Morgan fingerprint density at radius 2 is 0.741 bits per heavy atom. The lowest BCUT2D eigenvalue weighted by Gasteiger charge is -2.40. The number of carboxylic acid groups (broad SMARTS) is 1. The van der Waals surface area contributed by atoms with Gasteiger partial charge in [0.05, 0.1) is 6.61 Å². The van der Waals surface area contributed by atoms with E-state index in [1.807, 2.05) is 0 Å². The molecule has 0 aromatic heterocycles. The van der Waals surface area contributed by atoms with Crippen LogP contribution in [0.4, 0.5) is 0 Å². The average molecular weight is 1140 g/mol. The summed E-state index contributed by atoms with van der Waals surface area (Å²) in [5.74, 6) is -3.13. The van der Waals surface area contributed by atoms with Gasteiger partial charge in [0.1, 0.15) is 18.8 Å². The number of allylic oxidation sites excluding steroid dienone is 10. The SMILES string of the molecule is CCCCC/C=C\C/C=C\CCCCCCCCCC(=O)OC1C(OCC(COC(=O)CCCCCCCCCCC/C=C\CCCCCCCC)OC(=O)CCCCCCC/C=C\C/C=C\CCCCC)OC(C(=O)O)C(O)C1O. The molecule has 0 aromatic carbocycles. The first-order valence-corrected chi connectivity index (χ1v) is 33.3.